The lowest BCUT2D eigenvalue weighted by Crippen LogP contribution is -2.33. The Morgan fingerprint density at radius 3 is 2.44 bits per heavy atom. The topological polar surface area (TPSA) is 59.5 Å². The van der Waals surface area contributed by atoms with Gasteiger partial charge in [-0.15, -0.1) is 0 Å². The van der Waals surface area contributed by atoms with Gasteiger partial charge in [-0.1, -0.05) is 23.2 Å². The van der Waals surface area contributed by atoms with Gasteiger partial charge in [-0.3, -0.25) is 4.98 Å². The second kappa shape index (κ2) is 7.36. The number of hydrogen-bond acceptors (Lipinski definition) is 4. The third kappa shape index (κ3) is 4.35. The van der Waals surface area contributed by atoms with Crippen molar-refractivity contribution in [1.82, 2.24) is 4.98 Å². The molecule has 0 spiro atoms. The summed E-state index contributed by atoms with van der Waals surface area (Å²) in [7, 11) is -3.14. The summed E-state index contributed by atoms with van der Waals surface area (Å²) in [6.07, 6.45) is -2.32. The van der Waals surface area contributed by atoms with E-state index >= 15 is 0 Å². The van der Waals surface area contributed by atoms with E-state index in [2.05, 4.69) is 4.98 Å². The third-order valence-corrected chi connectivity index (χ3v) is 5.34. The first-order chi connectivity index (χ1) is 11.6. The normalized spacial score (nSPS) is 12.2. The fourth-order valence-electron chi connectivity index (χ4n) is 1.95. The first kappa shape index (κ1) is 19.8. The van der Waals surface area contributed by atoms with Gasteiger partial charge in [0.2, 0.25) is 0 Å². The zero-order valence-electron chi connectivity index (χ0n) is 12.6. The molecule has 5 nitrogen and oxygen atoms in total. The molecule has 0 N–H and O–H groups in total. The van der Waals surface area contributed by atoms with Crippen molar-refractivity contribution in [3.8, 4) is 0 Å². The highest BCUT2D eigenvalue weighted by Gasteiger charge is 2.35. The average molecular weight is 415 g/mol. The van der Waals surface area contributed by atoms with Gasteiger partial charge >= 0.3 is 6.18 Å². The lowest BCUT2D eigenvalue weighted by Gasteiger charge is -2.24. The summed E-state index contributed by atoms with van der Waals surface area (Å²) < 4.78 is 70.2. The van der Waals surface area contributed by atoms with Crippen LogP contribution in [-0.4, -0.2) is 27.2 Å². The summed E-state index contributed by atoms with van der Waals surface area (Å²) in [5.74, 6) is 0. The van der Waals surface area contributed by atoms with Gasteiger partial charge < -0.3 is 4.74 Å². The van der Waals surface area contributed by atoms with E-state index in [-0.39, 0.29) is 10.7 Å². The molecule has 136 valence electrons. The number of anilines is 1. The summed E-state index contributed by atoms with van der Waals surface area (Å²) in [5, 5.41) is -0.449. The number of pyridine rings is 1. The molecule has 0 amide bonds. The number of alkyl halides is 3. The Bertz CT molecular complexity index is 876. The molecule has 0 atom stereocenters. The number of benzene rings is 1. The van der Waals surface area contributed by atoms with Crippen LogP contribution in [0.3, 0.4) is 0 Å². The highest BCUT2D eigenvalue weighted by Crippen LogP contribution is 2.37. The molecule has 2 aromatic rings. The van der Waals surface area contributed by atoms with E-state index in [1.54, 1.807) is 0 Å². The van der Waals surface area contributed by atoms with E-state index in [1.165, 1.54) is 25.6 Å². The number of aromatic nitrogens is 1. The maximum Gasteiger partial charge on any atom is 0.417 e. The van der Waals surface area contributed by atoms with E-state index < -0.39 is 38.4 Å². The summed E-state index contributed by atoms with van der Waals surface area (Å²) in [4.78, 5) is 3.17. The molecule has 0 aliphatic carbocycles. The summed E-state index contributed by atoms with van der Waals surface area (Å²) in [6, 6.07) is 3.62. The number of methoxy groups -OCH3 is 1. The number of hydrogen-bond donors (Lipinski definition) is 0. The Kier molecular flexibility index (Phi) is 5.82. The van der Waals surface area contributed by atoms with Crippen LogP contribution < -0.4 is 4.31 Å². The van der Waals surface area contributed by atoms with Crippen molar-refractivity contribution >= 4 is 38.9 Å². The van der Waals surface area contributed by atoms with Crippen molar-refractivity contribution in [2.45, 2.75) is 11.1 Å². The SMILES string of the molecule is COCN(c1cncc(Cl)c1)S(=O)(=O)c1ccc(Cl)c(C(F)(F)F)c1. The average Bonchev–Trinajstić information content (AvgIpc) is 2.51. The second-order valence-electron chi connectivity index (χ2n) is 4.77. The van der Waals surface area contributed by atoms with Crippen molar-refractivity contribution in [1.29, 1.82) is 0 Å². The van der Waals surface area contributed by atoms with Crippen LogP contribution in [0, 0.1) is 0 Å². The van der Waals surface area contributed by atoms with Crippen LogP contribution in [0.4, 0.5) is 18.9 Å². The molecule has 0 fully saturated rings. The van der Waals surface area contributed by atoms with Crippen molar-refractivity contribution in [3.63, 3.8) is 0 Å². The highest BCUT2D eigenvalue weighted by molar-refractivity contribution is 7.92. The van der Waals surface area contributed by atoms with Gasteiger partial charge in [-0.05, 0) is 24.3 Å². The lowest BCUT2D eigenvalue weighted by atomic mass is 10.2. The molecule has 0 aliphatic rings. The Morgan fingerprint density at radius 1 is 1.20 bits per heavy atom. The molecule has 0 saturated carbocycles. The molecule has 2 rings (SSSR count). The number of sulfonamides is 1. The predicted molar refractivity (Wildman–Crippen MR) is 87.2 cm³/mol. The van der Waals surface area contributed by atoms with Crippen LogP contribution in [0.5, 0.6) is 0 Å². The Balaban J connectivity index is 2.58. The van der Waals surface area contributed by atoms with Gasteiger partial charge in [0.05, 0.1) is 32.4 Å². The molecule has 1 heterocycles. The third-order valence-electron chi connectivity index (χ3n) is 3.06. The zero-order valence-corrected chi connectivity index (χ0v) is 14.9. The fourth-order valence-corrected chi connectivity index (χ4v) is 3.72. The highest BCUT2D eigenvalue weighted by atomic mass is 35.5. The molecular formula is C14H11Cl2F3N2O3S. The van der Waals surface area contributed by atoms with Crippen molar-refractivity contribution in [2.24, 2.45) is 0 Å². The molecule has 0 aliphatic heterocycles. The molecule has 0 unspecified atom stereocenters. The lowest BCUT2D eigenvalue weighted by molar-refractivity contribution is -0.137. The van der Waals surface area contributed by atoms with Crippen LogP contribution in [0.25, 0.3) is 0 Å². The summed E-state index contributed by atoms with van der Waals surface area (Å²) >= 11 is 11.3. The summed E-state index contributed by atoms with van der Waals surface area (Å²) in [6.45, 7) is -0.450. The fraction of sp³-hybridized carbons (Fsp3) is 0.214. The van der Waals surface area contributed by atoms with Crippen molar-refractivity contribution in [3.05, 3.63) is 52.3 Å². The molecular weight excluding hydrogens is 404 g/mol. The smallest absolute Gasteiger partial charge is 0.363 e. The van der Waals surface area contributed by atoms with Gasteiger partial charge in [-0.2, -0.15) is 13.2 Å². The van der Waals surface area contributed by atoms with E-state index in [0.29, 0.717) is 6.07 Å². The quantitative estimate of drug-likeness (QED) is 0.687. The Labute approximate surface area is 152 Å². The van der Waals surface area contributed by atoms with Gasteiger partial charge in [-0.25, -0.2) is 12.7 Å². The maximum atomic E-state index is 13.0. The van der Waals surface area contributed by atoms with Crippen LogP contribution >= 0.6 is 23.2 Å². The molecule has 25 heavy (non-hydrogen) atoms. The van der Waals surface area contributed by atoms with Crippen LogP contribution in [-0.2, 0) is 20.9 Å². The van der Waals surface area contributed by atoms with E-state index in [4.69, 9.17) is 27.9 Å². The Hall–Kier alpha value is -1.55. The van der Waals surface area contributed by atoms with Gasteiger partial charge in [0.15, 0.2) is 0 Å². The standard InChI is InChI=1S/C14H11Cl2F3N2O3S/c1-24-8-21(10-4-9(15)6-20-7-10)25(22,23)11-2-3-13(16)12(5-11)14(17,18)19/h2-7H,8H2,1H3. The van der Waals surface area contributed by atoms with Crippen LogP contribution in [0.15, 0.2) is 41.6 Å². The van der Waals surface area contributed by atoms with Crippen molar-refractivity contribution in [2.75, 3.05) is 18.1 Å². The molecule has 0 radical (unpaired) electrons. The minimum absolute atomic E-state index is 0.0397. The maximum absolute atomic E-state index is 13.0. The molecule has 1 aromatic heterocycles. The van der Waals surface area contributed by atoms with E-state index in [9.17, 15) is 21.6 Å². The van der Waals surface area contributed by atoms with Gasteiger partial charge in [0.25, 0.3) is 10.0 Å². The minimum Gasteiger partial charge on any atom is -0.363 e. The molecule has 11 heteroatoms. The minimum atomic E-state index is -4.80. The monoisotopic (exact) mass is 414 g/mol. The number of rotatable bonds is 5. The van der Waals surface area contributed by atoms with Gasteiger partial charge in [0, 0.05) is 13.3 Å². The molecule has 1 aromatic carbocycles. The first-order valence-corrected chi connectivity index (χ1v) is 8.76. The largest absolute Gasteiger partial charge is 0.417 e. The van der Waals surface area contributed by atoms with E-state index in [1.807, 2.05) is 0 Å². The number of nitrogens with zero attached hydrogens (tertiary/aromatic N) is 2. The predicted octanol–water partition coefficient (Wildman–Crippen LogP) is 4.21. The second-order valence-corrected chi connectivity index (χ2v) is 7.48. The molecule has 0 bridgehead atoms. The molecule has 0 saturated heterocycles. The van der Waals surface area contributed by atoms with Crippen LogP contribution in [0.2, 0.25) is 10.0 Å². The summed E-state index contributed by atoms with van der Waals surface area (Å²) in [5.41, 5.74) is -1.21. The zero-order chi connectivity index (χ0) is 18.8. The Morgan fingerprint density at radius 2 is 1.88 bits per heavy atom. The van der Waals surface area contributed by atoms with Crippen LogP contribution in [0.1, 0.15) is 5.56 Å². The first-order valence-electron chi connectivity index (χ1n) is 6.56. The van der Waals surface area contributed by atoms with E-state index in [0.717, 1.165) is 16.4 Å². The van der Waals surface area contributed by atoms with Gasteiger partial charge in [0.1, 0.15) is 6.73 Å². The number of ether oxygens (including phenoxy) is 1. The van der Waals surface area contributed by atoms with Crippen molar-refractivity contribution < 1.29 is 26.3 Å². The number of halogens is 5.